The number of carbonyl (C=O) groups is 2. The molecule has 10 heteroatoms. The summed E-state index contributed by atoms with van der Waals surface area (Å²) in [5.41, 5.74) is 1.05. The summed E-state index contributed by atoms with van der Waals surface area (Å²) < 4.78 is 42.9. The summed E-state index contributed by atoms with van der Waals surface area (Å²) in [5.74, 6) is -3.94. The number of likely N-dealkylation sites (tertiary alicyclic amines) is 2. The number of amides is 1. The maximum Gasteiger partial charge on any atom is 0.261 e. The quantitative estimate of drug-likeness (QED) is 0.330. The van der Waals surface area contributed by atoms with Gasteiger partial charge < -0.3 is 24.9 Å². The fourth-order valence-corrected chi connectivity index (χ4v) is 6.43. The molecule has 2 N–H and O–H groups in total. The molecule has 0 spiro atoms. The molecule has 4 rings (SSSR count). The Kier molecular flexibility index (Phi) is 10.1. The van der Waals surface area contributed by atoms with Crippen LogP contribution in [0.4, 0.5) is 13.2 Å². The van der Waals surface area contributed by atoms with Crippen LogP contribution in [0.1, 0.15) is 46.7 Å². The van der Waals surface area contributed by atoms with Gasteiger partial charge in [0.15, 0.2) is 5.78 Å². The van der Waals surface area contributed by atoms with E-state index in [4.69, 9.17) is 0 Å². The highest BCUT2D eigenvalue weighted by Crippen LogP contribution is 2.43. The summed E-state index contributed by atoms with van der Waals surface area (Å²) in [7, 11) is 3.96. The van der Waals surface area contributed by atoms with Gasteiger partial charge in [0.05, 0.1) is 12.0 Å². The zero-order valence-electron chi connectivity index (χ0n) is 23.8. The smallest absolute Gasteiger partial charge is 0.261 e. The Bertz CT molecular complexity index is 1230. The van der Waals surface area contributed by atoms with E-state index in [9.17, 15) is 33.0 Å². The Morgan fingerprint density at radius 3 is 2.46 bits per heavy atom. The number of Topliss-reactive ketones (excluding diaryl/α,β-unsaturated/α-hetero) is 1. The number of benzene rings is 2. The van der Waals surface area contributed by atoms with Crippen molar-refractivity contribution in [2.24, 2.45) is 11.8 Å². The average Bonchev–Trinajstić information content (AvgIpc) is 3.33. The summed E-state index contributed by atoms with van der Waals surface area (Å²) in [4.78, 5) is 33.4. The molecule has 7 nitrogen and oxygen atoms in total. The van der Waals surface area contributed by atoms with Crippen molar-refractivity contribution in [3.05, 3.63) is 65.0 Å². The van der Waals surface area contributed by atoms with Crippen LogP contribution in [0, 0.1) is 24.6 Å². The molecule has 2 saturated heterocycles. The van der Waals surface area contributed by atoms with E-state index in [2.05, 4.69) is 4.90 Å². The zero-order valence-corrected chi connectivity index (χ0v) is 23.8. The van der Waals surface area contributed by atoms with Crippen LogP contribution in [0.25, 0.3) is 0 Å². The second-order valence-corrected chi connectivity index (χ2v) is 11.6. The number of ketones is 1. The van der Waals surface area contributed by atoms with Crippen molar-refractivity contribution in [1.82, 2.24) is 14.7 Å². The first-order valence-electron chi connectivity index (χ1n) is 14.2. The minimum atomic E-state index is -2.93. The number of hydrogen-bond donors (Lipinski definition) is 2. The molecule has 0 saturated carbocycles. The average molecular weight is 576 g/mol. The number of aliphatic hydroxyl groups is 1. The predicted octanol–water partition coefficient (Wildman–Crippen LogP) is 3.92. The van der Waals surface area contributed by atoms with Crippen LogP contribution in [0.15, 0.2) is 42.5 Å². The van der Waals surface area contributed by atoms with Crippen LogP contribution in [0.5, 0.6) is 5.75 Å². The number of nitrogens with zero attached hydrogens (tertiary/aromatic N) is 3. The van der Waals surface area contributed by atoms with E-state index in [-0.39, 0.29) is 36.6 Å². The monoisotopic (exact) mass is 575 g/mol. The highest BCUT2D eigenvalue weighted by Gasteiger charge is 2.50. The Hall–Kier alpha value is -2.95. The molecule has 2 fully saturated rings. The second-order valence-electron chi connectivity index (χ2n) is 11.6. The molecule has 224 valence electrons. The number of aromatic hydroxyl groups is 1. The molecule has 0 aliphatic carbocycles. The molecule has 2 aliphatic heterocycles. The molecule has 2 aliphatic rings. The molecule has 0 bridgehead atoms. The minimum absolute atomic E-state index is 0.0195. The van der Waals surface area contributed by atoms with Crippen molar-refractivity contribution in [2.75, 3.05) is 46.8 Å². The van der Waals surface area contributed by atoms with Gasteiger partial charge >= 0.3 is 0 Å². The van der Waals surface area contributed by atoms with Crippen molar-refractivity contribution < 1.29 is 33.0 Å². The number of carbonyl (C=O) groups excluding carboxylic acids is 2. The molecule has 3 unspecified atom stereocenters. The highest BCUT2D eigenvalue weighted by atomic mass is 19.3. The highest BCUT2D eigenvalue weighted by molar-refractivity contribution is 5.99. The van der Waals surface area contributed by atoms with Crippen molar-refractivity contribution in [2.45, 2.75) is 50.7 Å². The summed E-state index contributed by atoms with van der Waals surface area (Å²) in [6.07, 6.45) is -2.54. The van der Waals surface area contributed by atoms with Gasteiger partial charge in [-0.25, -0.2) is 13.2 Å². The Morgan fingerprint density at radius 1 is 1.07 bits per heavy atom. The first-order chi connectivity index (χ1) is 19.5. The molecule has 0 aromatic heterocycles. The third-order valence-electron chi connectivity index (χ3n) is 8.52. The summed E-state index contributed by atoms with van der Waals surface area (Å²) in [6, 6.07) is 8.89. The molecule has 2 heterocycles. The van der Waals surface area contributed by atoms with Gasteiger partial charge in [0, 0.05) is 37.0 Å². The van der Waals surface area contributed by atoms with Gasteiger partial charge in [0.25, 0.3) is 6.43 Å². The number of phenols is 1. The topological polar surface area (TPSA) is 84.3 Å². The van der Waals surface area contributed by atoms with Crippen LogP contribution in [0.2, 0.25) is 0 Å². The Balaban J connectivity index is 1.78. The van der Waals surface area contributed by atoms with Crippen LogP contribution in [-0.2, 0) is 4.79 Å². The fraction of sp³-hybridized carbons (Fsp3) is 0.548. The minimum Gasteiger partial charge on any atom is -0.508 e. The van der Waals surface area contributed by atoms with Crippen LogP contribution < -0.4 is 0 Å². The predicted molar refractivity (Wildman–Crippen MR) is 150 cm³/mol. The number of rotatable bonds is 10. The van der Waals surface area contributed by atoms with Crippen molar-refractivity contribution in [1.29, 1.82) is 0 Å². The first kappa shape index (κ1) is 31.0. The van der Waals surface area contributed by atoms with Crippen LogP contribution >= 0.6 is 0 Å². The van der Waals surface area contributed by atoms with Gasteiger partial charge in [-0.3, -0.25) is 9.59 Å². The molecule has 41 heavy (non-hydrogen) atoms. The summed E-state index contributed by atoms with van der Waals surface area (Å²) in [6.45, 7) is 3.55. The largest absolute Gasteiger partial charge is 0.508 e. The van der Waals surface area contributed by atoms with E-state index in [1.54, 1.807) is 25.1 Å². The number of phenolic OH excluding ortho intramolecular Hbond substituents is 1. The molecular formula is C31H40F3N3O4. The van der Waals surface area contributed by atoms with Crippen molar-refractivity contribution in [3.8, 4) is 5.75 Å². The van der Waals surface area contributed by atoms with E-state index >= 15 is 0 Å². The summed E-state index contributed by atoms with van der Waals surface area (Å²) >= 11 is 0. The van der Waals surface area contributed by atoms with E-state index < -0.39 is 48.0 Å². The lowest BCUT2D eigenvalue weighted by Gasteiger charge is -2.45. The normalized spacial score (nSPS) is 25.3. The molecule has 2 aromatic rings. The van der Waals surface area contributed by atoms with Crippen LogP contribution in [-0.4, -0.2) is 102 Å². The third-order valence-corrected chi connectivity index (χ3v) is 8.52. The van der Waals surface area contributed by atoms with Gasteiger partial charge in [-0.2, -0.15) is 0 Å². The maximum absolute atomic E-state index is 14.9. The Labute approximate surface area is 239 Å². The van der Waals surface area contributed by atoms with E-state index in [0.29, 0.717) is 24.2 Å². The molecular weight excluding hydrogens is 535 g/mol. The third kappa shape index (κ3) is 6.93. The standard InChI is InChI=1S/C31H40F3N3O4/c1-19-22(10-7-11-25(19)32)27-23(29(40)20-8-6-9-21(38)16-20)17-36(14-5-4-13-35(2)3)18-24(27)31(41)37-15-12-26(39)28(37)30(33)34/h6-11,16,23-24,26-28,30,38-39H,4-5,12-15,17-18H2,1-3H3/t23?,24?,26-,27?,28-/m0/s1. The lowest BCUT2D eigenvalue weighted by molar-refractivity contribution is -0.144. The number of halogens is 3. The number of piperidine rings is 1. The Morgan fingerprint density at radius 2 is 1.78 bits per heavy atom. The van der Waals surface area contributed by atoms with Gasteiger partial charge in [0.1, 0.15) is 17.6 Å². The molecule has 1 amide bonds. The maximum atomic E-state index is 14.9. The first-order valence-corrected chi connectivity index (χ1v) is 14.2. The van der Waals surface area contributed by atoms with Gasteiger partial charge in [-0.15, -0.1) is 0 Å². The van der Waals surface area contributed by atoms with E-state index in [1.807, 2.05) is 19.0 Å². The molecule has 5 atom stereocenters. The number of alkyl halides is 2. The number of unbranched alkanes of at least 4 members (excludes halogenated alkanes) is 1. The lowest BCUT2D eigenvalue weighted by atomic mass is 9.69. The van der Waals surface area contributed by atoms with Crippen molar-refractivity contribution >= 4 is 11.7 Å². The van der Waals surface area contributed by atoms with Gasteiger partial charge in [-0.1, -0.05) is 24.3 Å². The van der Waals surface area contributed by atoms with E-state index in [0.717, 1.165) is 24.3 Å². The number of aliphatic hydroxyl groups excluding tert-OH is 1. The number of hydrogen-bond acceptors (Lipinski definition) is 6. The van der Waals surface area contributed by atoms with Gasteiger partial charge in [0.2, 0.25) is 5.91 Å². The van der Waals surface area contributed by atoms with Gasteiger partial charge in [-0.05, 0) is 82.7 Å². The molecule has 0 radical (unpaired) electrons. The molecule has 2 aromatic carbocycles. The second kappa shape index (κ2) is 13.4. The van der Waals surface area contributed by atoms with Crippen molar-refractivity contribution in [3.63, 3.8) is 0 Å². The SMILES string of the molecule is Cc1c(F)cccc1C1C(C(=O)c2cccc(O)c2)CN(CCCCN(C)C)CC1C(=O)N1CC[C@H](O)[C@H]1C(F)F. The zero-order chi connectivity index (χ0) is 29.8. The van der Waals surface area contributed by atoms with Crippen LogP contribution in [0.3, 0.4) is 0 Å². The van der Waals surface area contributed by atoms with E-state index in [1.165, 1.54) is 24.3 Å². The summed E-state index contributed by atoms with van der Waals surface area (Å²) in [5, 5.41) is 20.4. The fourth-order valence-electron chi connectivity index (χ4n) is 6.43. The lowest BCUT2D eigenvalue weighted by Crippen LogP contribution is -2.55.